The SMILES string of the molecule is CCCN=C(NN)NCCS(N)(=O)=O. The minimum absolute atomic E-state index is 0.153. The largest absolute Gasteiger partial charge is 0.354 e. The molecule has 0 rings (SSSR count). The third-order valence-corrected chi connectivity index (χ3v) is 2.08. The summed E-state index contributed by atoms with van der Waals surface area (Å²) in [5, 5.41) is 7.52. The molecule has 0 heterocycles. The zero-order chi connectivity index (χ0) is 11.0. The summed E-state index contributed by atoms with van der Waals surface area (Å²) < 4.78 is 21.1. The summed E-state index contributed by atoms with van der Waals surface area (Å²) in [6.07, 6.45) is 0.891. The fraction of sp³-hybridized carbons (Fsp3) is 0.833. The van der Waals surface area contributed by atoms with Crippen LogP contribution in [-0.2, 0) is 10.0 Å². The van der Waals surface area contributed by atoms with E-state index in [2.05, 4.69) is 15.7 Å². The number of rotatable bonds is 5. The average Bonchev–Trinajstić information content (AvgIpc) is 2.09. The van der Waals surface area contributed by atoms with E-state index in [4.69, 9.17) is 11.0 Å². The fourth-order valence-electron chi connectivity index (χ4n) is 0.688. The molecule has 0 radical (unpaired) electrons. The Hall–Kier alpha value is -0.860. The first-order valence-corrected chi connectivity index (χ1v) is 5.96. The van der Waals surface area contributed by atoms with Crippen LogP contribution in [0.15, 0.2) is 4.99 Å². The van der Waals surface area contributed by atoms with Gasteiger partial charge in [0.25, 0.3) is 0 Å². The molecule has 0 spiro atoms. The van der Waals surface area contributed by atoms with Crippen LogP contribution >= 0.6 is 0 Å². The Labute approximate surface area is 84.0 Å². The van der Waals surface area contributed by atoms with Crippen molar-refractivity contribution in [2.24, 2.45) is 16.0 Å². The molecule has 0 saturated heterocycles. The molecule has 0 aliphatic heterocycles. The zero-order valence-electron chi connectivity index (χ0n) is 8.16. The van der Waals surface area contributed by atoms with Crippen molar-refractivity contribution in [1.29, 1.82) is 0 Å². The molecule has 6 N–H and O–H groups in total. The Morgan fingerprint density at radius 2 is 2.14 bits per heavy atom. The molecule has 0 aliphatic rings. The highest BCUT2D eigenvalue weighted by Crippen LogP contribution is 1.78. The number of nitrogens with two attached hydrogens (primary N) is 2. The first-order valence-electron chi connectivity index (χ1n) is 4.25. The predicted octanol–water partition coefficient (Wildman–Crippen LogP) is -1.91. The lowest BCUT2D eigenvalue weighted by atomic mass is 10.5. The molecular weight excluding hydrogens is 206 g/mol. The number of sulfonamides is 1. The van der Waals surface area contributed by atoms with Gasteiger partial charge in [-0.3, -0.25) is 10.4 Å². The van der Waals surface area contributed by atoms with E-state index in [-0.39, 0.29) is 12.3 Å². The topological polar surface area (TPSA) is 123 Å². The Balaban J connectivity index is 3.85. The maximum absolute atomic E-state index is 10.6. The average molecular weight is 223 g/mol. The van der Waals surface area contributed by atoms with Gasteiger partial charge in [0.1, 0.15) is 0 Å². The van der Waals surface area contributed by atoms with Crippen LogP contribution < -0.4 is 21.7 Å². The second-order valence-corrected chi connectivity index (χ2v) is 4.40. The van der Waals surface area contributed by atoms with Gasteiger partial charge < -0.3 is 5.32 Å². The van der Waals surface area contributed by atoms with Crippen LogP contribution in [0.4, 0.5) is 0 Å². The van der Waals surface area contributed by atoms with Gasteiger partial charge in [-0.25, -0.2) is 19.4 Å². The summed E-state index contributed by atoms with van der Waals surface area (Å²) in [5.41, 5.74) is 2.33. The number of guanidine groups is 1. The number of primary sulfonamides is 1. The Bertz CT molecular complexity index is 274. The lowest BCUT2D eigenvalue weighted by molar-refractivity contribution is 0.596. The normalized spacial score (nSPS) is 12.6. The lowest BCUT2D eigenvalue weighted by Crippen LogP contribution is -2.43. The molecule has 84 valence electrons. The van der Waals surface area contributed by atoms with Gasteiger partial charge in [0.15, 0.2) is 0 Å². The van der Waals surface area contributed by atoms with Gasteiger partial charge in [-0.1, -0.05) is 6.92 Å². The molecule has 0 aromatic heterocycles. The molecule has 0 aromatic rings. The van der Waals surface area contributed by atoms with E-state index in [1.165, 1.54) is 0 Å². The smallest absolute Gasteiger partial charge is 0.210 e. The van der Waals surface area contributed by atoms with Gasteiger partial charge in [-0.15, -0.1) is 0 Å². The molecule has 0 aromatic carbocycles. The molecule has 0 bridgehead atoms. The first kappa shape index (κ1) is 13.1. The van der Waals surface area contributed by atoms with Crippen molar-refractivity contribution in [2.75, 3.05) is 18.8 Å². The summed E-state index contributed by atoms with van der Waals surface area (Å²) in [6.45, 7) is 2.79. The maximum atomic E-state index is 10.6. The van der Waals surface area contributed by atoms with Crippen LogP contribution in [0, 0.1) is 0 Å². The van der Waals surface area contributed by atoms with Gasteiger partial charge in [-0.2, -0.15) is 0 Å². The van der Waals surface area contributed by atoms with Gasteiger partial charge in [0, 0.05) is 13.1 Å². The van der Waals surface area contributed by atoms with Gasteiger partial charge in [-0.05, 0) is 6.42 Å². The van der Waals surface area contributed by atoms with Gasteiger partial charge >= 0.3 is 0 Å². The molecule has 14 heavy (non-hydrogen) atoms. The maximum Gasteiger partial charge on any atom is 0.210 e. The number of hydrogen-bond donors (Lipinski definition) is 4. The summed E-state index contributed by atoms with van der Waals surface area (Å²) in [7, 11) is -3.43. The fourth-order valence-corrected chi connectivity index (χ4v) is 1.07. The number of nitrogens with zero attached hydrogens (tertiary/aromatic N) is 1. The van der Waals surface area contributed by atoms with Crippen molar-refractivity contribution in [3.05, 3.63) is 0 Å². The van der Waals surface area contributed by atoms with Crippen molar-refractivity contribution in [3.8, 4) is 0 Å². The highest BCUT2D eigenvalue weighted by Gasteiger charge is 2.02. The number of hydrogen-bond acceptors (Lipinski definition) is 4. The minimum atomic E-state index is -3.43. The van der Waals surface area contributed by atoms with Crippen LogP contribution in [-0.4, -0.2) is 33.2 Å². The summed E-state index contributed by atoms with van der Waals surface area (Å²) in [5.74, 6) is 5.36. The third-order valence-electron chi connectivity index (χ3n) is 1.31. The Morgan fingerprint density at radius 1 is 1.50 bits per heavy atom. The van der Waals surface area contributed by atoms with Crippen molar-refractivity contribution in [3.63, 3.8) is 0 Å². The van der Waals surface area contributed by atoms with E-state index in [9.17, 15) is 8.42 Å². The quantitative estimate of drug-likeness (QED) is 0.187. The van der Waals surface area contributed by atoms with Crippen LogP contribution in [0.3, 0.4) is 0 Å². The van der Waals surface area contributed by atoms with E-state index in [1.807, 2.05) is 6.92 Å². The summed E-state index contributed by atoms with van der Waals surface area (Å²) in [6, 6.07) is 0. The van der Waals surface area contributed by atoms with E-state index >= 15 is 0 Å². The summed E-state index contributed by atoms with van der Waals surface area (Å²) >= 11 is 0. The molecule has 0 atom stereocenters. The molecule has 0 saturated carbocycles. The molecular formula is C6H17N5O2S. The predicted molar refractivity (Wildman–Crippen MR) is 55.9 cm³/mol. The standard InChI is InChI=1S/C6H17N5O2S/c1-2-3-9-6(11-7)10-4-5-14(8,12)13/h2-5,7H2,1H3,(H2,8,12,13)(H2,9,10,11). The van der Waals surface area contributed by atoms with E-state index < -0.39 is 10.0 Å². The van der Waals surface area contributed by atoms with Crippen LogP contribution in [0.25, 0.3) is 0 Å². The van der Waals surface area contributed by atoms with Gasteiger partial charge in [0.2, 0.25) is 16.0 Å². The van der Waals surface area contributed by atoms with Crippen LogP contribution in [0.5, 0.6) is 0 Å². The monoisotopic (exact) mass is 223 g/mol. The molecule has 0 unspecified atom stereocenters. The minimum Gasteiger partial charge on any atom is -0.354 e. The van der Waals surface area contributed by atoms with E-state index in [1.54, 1.807) is 0 Å². The number of nitrogens with one attached hydrogen (secondary N) is 2. The zero-order valence-corrected chi connectivity index (χ0v) is 8.97. The van der Waals surface area contributed by atoms with Crippen LogP contribution in [0.1, 0.15) is 13.3 Å². The molecule has 8 heteroatoms. The second-order valence-electron chi connectivity index (χ2n) is 2.67. The van der Waals surface area contributed by atoms with Crippen molar-refractivity contribution in [1.82, 2.24) is 10.7 Å². The molecule has 7 nitrogen and oxygen atoms in total. The highest BCUT2D eigenvalue weighted by atomic mass is 32.2. The first-order chi connectivity index (χ1) is 6.49. The second kappa shape index (κ2) is 6.57. The van der Waals surface area contributed by atoms with Crippen molar-refractivity contribution in [2.45, 2.75) is 13.3 Å². The molecule has 0 fully saturated rings. The Kier molecular flexibility index (Phi) is 6.17. The summed E-state index contributed by atoms with van der Waals surface area (Å²) in [4.78, 5) is 4.01. The molecule has 0 amide bonds. The van der Waals surface area contributed by atoms with E-state index in [0.29, 0.717) is 12.5 Å². The van der Waals surface area contributed by atoms with E-state index in [0.717, 1.165) is 6.42 Å². The molecule has 0 aliphatic carbocycles. The van der Waals surface area contributed by atoms with Crippen molar-refractivity contribution < 1.29 is 8.42 Å². The lowest BCUT2D eigenvalue weighted by Gasteiger charge is -2.07. The van der Waals surface area contributed by atoms with Crippen LogP contribution in [0.2, 0.25) is 0 Å². The number of aliphatic imine (C=N–C) groups is 1. The Morgan fingerprint density at radius 3 is 2.57 bits per heavy atom. The highest BCUT2D eigenvalue weighted by molar-refractivity contribution is 7.89. The number of hydrazine groups is 1. The third kappa shape index (κ3) is 7.77. The van der Waals surface area contributed by atoms with Crippen molar-refractivity contribution >= 4 is 16.0 Å². The van der Waals surface area contributed by atoms with Gasteiger partial charge in [0.05, 0.1) is 5.75 Å².